The van der Waals surface area contributed by atoms with E-state index in [2.05, 4.69) is 10.6 Å². The first-order valence-electron chi connectivity index (χ1n) is 6.61. The van der Waals surface area contributed by atoms with Crippen LogP contribution in [0.3, 0.4) is 0 Å². The van der Waals surface area contributed by atoms with Gasteiger partial charge in [0.05, 0.1) is 6.10 Å². The Labute approximate surface area is 127 Å². The number of aliphatic hydroxyl groups is 1. The Hall–Kier alpha value is -2.20. The van der Waals surface area contributed by atoms with Gasteiger partial charge in [-0.15, -0.1) is 0 Å². The monoisotopic (exact) mass is 318 g/mol. The summed E-state index contributed by atoms with van der Waals surface area (Å²) in [5.74, 6) is -3.52. The van der Waals surface area contributed by atoms with Gasteiger partial charge in [0.25, 0.3) is 0 Å². The van der Waals surface area contributed by atoms with Crippen LogP contribution in [0.25, 0.3) is 0 Å². The second-order valence-corrected chi connectivity index (χ2v) is 4.90. The Morgan fingerprint density at radius 3 is 2.05 bits per heavy atom. The second-order valence-electron chi connectivity index (χ2n) is 4.90. The molecule has 0 aliphatic carbocycles. The fraction of sp³-hybridized carbons (Fsp3) is 0.667. The van der Waals surface area contributed by atoms with E-state index in [-0.39, 0.29) is 12.8 Å². The number of aliphatic carboxylic acids is 1. The molecule has 0 heterocycles. The number of nitrogens with two attached hydrogens (primary N) is 2. The number of rotatable bonds is 9. The first-order chi connectivity index (χ1) is 10.1. The van der Waals surface area contributed by atoms with Crippen LogP contribution in [0, 0.1) is 0 Å². The van der Waals surface area contributed by atoms with Gasteiger partial charge >= 0.3 is 5.97 Å². The van der Waals surface area contributed by atoms with Crippen molar-refractivity contribution in [3.05, 3.63) is 0 Å². The lowest BCUT2D eigenvalue weighted by Gasteiger charge is -2.20. The molecule has 0 spiro atoms. The Balaban J connectivity index is 4.57. The largest absolute Gasteiger partial charge is 0.480 e. The highest BCUT2D eigenvalue weighted by molar-refractivity contribution is 5.91. The number of hydrogen-bond acceptors (Lipinski definition) is 6. The summed E-state index contributed by atoms with van der Waals surface area (Å²) >= 11 is 0. The van der Waals surface area contributed by atoms with Crippen molar-refractivity contribution in [1.82, 2.24) is 10.6 Å². The number of aliphatic hydroxyl groups excluding tert-OH is 1. The zero-order valence-electron chi connectivity index (χ0n) is 12.4. The van der Waals surface area contributed by atoms with Gasteiger partial charge in [-0.2, -0.15) is 0 Å². The van der Waals surface area contributed by atoms with Crippen LogP contribution < -0.4 is 22.1 Å². The molecule has 0 aromatic heterocycles. The summed E-state index contributed by atoms with van der Waals surface area (Å²) in [5.41, 5.74) is 10.3. The fourth-order valence-corrected chi connectivity index (χ4v) is 1.43. The van der Waals surface area contributed by atoms with Crippen molar-refractivity contribution in [2.75, 3.05) is 0 Å². The number of hydrogen-bond donors (Lipinski definition) is 6. The molecule has 10 heteroatoms. The molecular weight excluding hydrogens is 296 g/mol. The number of carbonyl (C=O) groups is 4. The van der Waals surface area contributed by atoms with Crippen LogP contribution in [0.1, 0.15) is 26.7 Å². The van der Waals surface area contributed by atoms with E-state index in [1.165, 1.54) is 13.8 Å². The summed E-state index contributed by atoms with van der Waals surface area (Å²) in [6, 6.07) is -3.57. The molecule has 126 valence electrons. The number of carboxylic acid groups (broad SMARTS) is 1. The average molecular weight is 318 g/mol. The van der Waals surface area contributed by atoms with E-state index in [9.17, 15) is 24.3 Å². The van der Waals surface area contributed by atoms with Crippen molar-refractivity contribution in [2.24, 2.45) is 11.5 Å². The molecular formula is C12H22N4O6. The Kier molecular flexibility index (Phi) is 8.05. The predicted octanol–water partition coefficient (Wildman–Crippen LogP) is -2.97. The van der Waals surface area contributed by atoms with Crippen molar-refractivity contribution in [2.45, 2.75) is 50.9 Å². The molecule has 0 saturated carbocycles. The smallest absolute Gasteiger partial charge is 0.326 e. The second kappa shape index (κ2) is 8.95. The number of primary amides is 1. The van der Waals surface area contributed by atoms with Crippen molar-refractivity contribution in [3.63, 3.8) is 0 Å². The van der Waals surface area contributed by atoms with E-state index in [1.54, 1.807) is 0 Å². The standard InChI is InChI=1S/C12H22N4O6/c1-5(15-11(20)9(14)6(2)17)10(19)16-7(12(21)22)3-4-8(13)18/h5-7,9,17H,3-4,14H2,1-2H3,(H2,13,18)(H,15,20)(H,16,19)(H,21,22)/t5-,6+,7-,9-/m0/s1. The predicted molar refractivity (Wildman–Crippen MR) is 75.3 cm³/mol. The highest BCUT2D eigenvalue weighted by Gasteiger charge is 2.26. The van der Waals surface area contributed by atoms with Gasteiger partial charge in [-0.05, 0) is 20.3 Å². The summed E-state index contributed by atoms with van der Waals surface area (Å²) in [7, 11) is 0. The maximum absolute atomic E-state index is 11.8. The molecule has 0 aromatic carbocycles. The van der Waals surface area contributed by atoms with E-state index in [0.29, 0.717) is 0 Å². The third-order valence-corrected chi connectivity index (χ3v) is 2.87. The molecule has 4 atom stereocenters. The fourth-order valence-electron chi connectivity index (χ4n) is 1.43. The van der Waals surface area contributed by atoms with E-state index in [4.69, 9.17) is 16.6 Å². The SMILES string of the molecule is C[C@H](NC(=O)[C@@H](N)[C@@H](C)O)C(=O)N[C@@H](CCC(N)=O)C(=O)O. The Bertz CT molecular complexity index is 439. The molecule has 0 aliphatic rings. The molecule has 3 amide bonds. The number of amides is 3. The third kappa shape index (κ3) is 6.99. The zero-order chi connectivity index (χ0) is 17.4. The molecule has 0 unspecified atom stereocenters. The summed E-state index contributed by atoms with van der Waals surface area (Å²) in [4.78, 5) is 45.0. The van der Waals surface area contributed by atoms with Crippen LogP contribution >= 0.6 is 0 Å². The van der Waals surface area contributed by atoms with Gasteiger partial charge in [-0.1, -0.05) is 0 Å². The van der Waals surface area contributed by atoms with Gasteiger partial charge in [-0.25, -0.2) is 4.79 Å². The topological polar surface area (TPSA) is 185 Å². The van der Waals surface area contributed by atoms with E-state index < -0.39 is 47.9 Å². The van der Waals surface area contributed by atoms with E-state index in [1.807, 2.05) is 0 Å². The number of carboxylic acids is 1. The van der Waals surface area contributed by atoms with Gasteiger partial charge in [-0.3, -0.25) is 14.4 Å². The molecule has 0 saturated heterocycles. The first-order valence-corrected chi connectivity index (χ1v) is 6.61. The highest BCUT2D eigenvalue weighted by Crippen LogP contribution is 1.99. The molecule has 10 nitrogen and oxygen atoms in total. The zero-order valence-corrected chi connectivity index (χ0v) is 12.4. The van der Waals surface area contributed by atoms with Crippen LogP contribution in [0.2, 0.25) is 0 Å². The van der Waals surface area contributed by atoms with Gasteiger partial charge < -0.3 is 32.3 Å². The van der Waals surface area contributed by atoms with Crippen LogP contribution in [0.15, 0.2) is 0 Å². The molecule has 0 bridgehead atoms. The first kappa shape index (κ1) is 19.8. The number of carbonyl (C=O) groups excluding carboxylic acids is 3. The molecule has 0 aromatic rings. The van der Waals surface area contributed by atoms with Crippen LogP contribution in [-0.4, -0.2) is 58.1 Å². The van der Waals surface area contributed by atoms with Crippen LogP contribution in [-0.2, 0) is 19.2 Å². The summed E-state index contributed by atoms with van der Waals surface area (Å²) in [6.07, 6.45) is -1.47. The summed E-state index contributed by atoms with van der Waals surface area (Å²) < 4.78 is 0. The molecule has 0 radical (unpaired) electrons. The minimum absolute atomic E-state index is 0.162. The lowest BCUT2D eigenvalue weighted by molar-refractivity contribution is -0.142. The van der Waals surface area contributed by atoms with Gasteiger partial charge in [0, 0.05) is 6.42 Å². The third-order valence-electron chi connectivity index (χ3n) is 2.87. The molecule has 0 aliphatic heterocycles. The van der Waals surface area contributed by atoms with Crippen molar-refractivity contribution >= 4 is 23.7 Å². The van der Waals surface area contributed by atoms with Gasteiger partial charge in [0.15, 0.2) is 0 Å². The van der Waals surface area contributed by atoms with Crippen molar-refractivity contribution in [1.29, 1.82) is 0 Å². The minimum atomic E-state index is -1.33. The molecule has 0 rings (SSSR count). The van der Waals surface area contributed by atoms with Crippen molar-refractivity contribution < 1.29 is 29.4 Å². The Morgan fingerprint density at radius 1 is 1.09 bits per heavy atom. The van der Waals surface area contributed by atoms with Crippen molar-refractivity contribution in [3.8, 4) is 0 Å². The number of nitrogens with one attached hydrogen (secondary N) is 2. The maximum Gasteiger partial charge on any atom is 0.326 e. The quantitative estimate of drug-likeness (QED) is 0.262. The highest BCUT2D eigenvalue weighted by atomic mass is 16.4. The van der Waals surface area contributed by atoms with E-state index in [0.717, 1.165) is 0 Å². The normalized spacial score (nSPS) is 16.0. The average Bonchev–Trinajstić information content (AvgIpc) is 2.41. The Morgan fingerprint density at radius 2 is 1.64 bits per heavy atom. The molecule has 8 N–H and O–H groups in total. The van der Waals surface area contributed by atoms with Gasteiger partial charge in [0.2, 0.25) is 17.7 Å². The molecule has 0 fully saturated rings. The lowest BCUT2D eigenvalue weighted by atomic mass is 10.1. The van der Waals surface area contributed by atoms with Crippen LogP contribution in [0.4, 0.5) is 0 Å². The molecule has 22 heavy (non-hydrogen) atoms. The summed E-state index contributed by atoms with van der Waals surface area (Å²) in [5, 5.41) is 22.6. The minimum Gasteiger partial charge on any atom is -0.480 e. The lowest BCUT2D eigenvalue weighted by Crippen LogP contribution is -2.55. The van der Waals surface area contributed by atoms with E-state index >= 15 is 0 Å². The van der Waals surface area contributed by atoms with Gasteiger partial charge in [0.1, 0.15) is 18.1 Å². The maximum atomic E-state index is 11.8. The summed E-state index contributed by atoms with van der Waals surface area (Å²) in [6.45, 7) is 2.65. The van der Waals surface area contributed by atoms with Crippen LogP contribution in [0.5, 0.6) is 0 Å².